The number of hydrogen-bond donors (Lipinski definition) is 1. The molecule has 0 saturated heterocycles. The SMILES string of the molecule is Cc1nn(-c2ccccc2)c(C)c1NC(=O)c1nnn(-c2cccc([N+](=O)[O-])c2)c1C. The van der Waals surface area contributed by atoms with Crippen molar-refractivity contribution in [3.05, 3.63) is 87.5 Å². The molecule has 2 aromatic heterocycles. The van der Waals surface area contributed by atoms with E-state index in [-0.39, 0.29) is 11.4 Å². The van der Waals surface area contributed by atoms with E-state index in [0.717, 1.165) is 11.4 Å². The summed E-state index contributed by atoms with van der Waals surface area (Å²) in [7, 11) is 0. The standard InChI is InChI=1S/C21H19N7O3/c1-13-19(14(2)26(24-13)16-8-5-4-6-9-16)22-21(29)20-15(3)27(25-23-20)17-10-7-11-18(12-17)28(30)31/h4-12H,1-3H3,(H,22,29). The van der Waals surface area contributed by atoms with Crippen molar-refractivity contribution in [2.45, 2.75) is 20.8 Å². The summed E-state index contributed by atoms with van der Waals surface area (Å²) in [5.41, 5.74) is 3.88. The second kappa shape index (κ2) is 7.82. The van der Waals surface area contributed by atoms with Gasteiger partial charge >= 0.3 is 0 Å². The molecule has 0 aliphatic rings. The number of non-ortho nitro benzene ring substituents is 1. The van der Waals surface area contributed by atoms with Gasteiger partial charge in [-0.15, -0.1) is 5.10 Å². The second-order valence-corrected chi connectivity index (χ2v) is 6.96. The fraction of sp³-hybridized carbons (Fsp3) is 0.143. The number of nitrogens with zero attached hydrogens (tertiary/aromatic N) is 6. The summed E-state index contributed by atoms with van der Waals surface area (Å²) in [4.78, 5) is 23.5. The Morgan fingerprint density at radius 1 is 0.968 bits per heavy atom. The highest BCUT2D eigenvalue weighted by molar-refractivity contribution is 6.04. The van der Waals surface area contributed by atoms with Crippen LogP contribution in [0, 0.1) is 30.9 Å². The van der Waals surface area contributed by atoms with E-state index in [2.05, 4.69) is 20.7 Å². The molecule has 4 rings (SSSR count). The fourth-order valence-electron chi connectivity index (χ4n) is 3.34. The summed E-state index contributed by atoms with van der Waals surface area (Å²) in [6.07, 6.45) is 0. The number of aryl methyl sites for hydroxylation is 1. The molecule has 10 nitrogen and oxygen atoms in total. The van der Waals surface area contributed by atoms with Gasteiger partial charge in [0.1, 0.15) is 0 Å². The molecule has 0 spiro atoms. The van der Waals surface area contributed by atoms with E-state index in [9.17, 15) is 14.9 Å². The minimum atomic E-state index is -0.487. The number of nitro groups is 1. The van der Waals surface area contributed by atoms with Crippen LogP contribution in [0.1, 0.15) is 27.6 Å². The molecule has 156 valence electrons. The topological polar surface area (TPSA) is 121 Å². The van der Waals surface area contributed by atoms with Crippen LogP contribution in [-0.4, -0.2) is 35.6 Å². The number of carbonyl (C=O) groups excluding carboxylic acids is 1. The van der Waals surface area contributed by atoms with Gasteiger partial charge < -0.3 is 5.32 Å². The Hall–Kier alpha value is -4.34. The third kappa shape index (κ3) is 3.66. The highest BCUT2D eigenvalue weighted by atomic mass is 16.6. The molecule has 2 aromatic carbocycles. The van der Waals surface area contributed by atoms with Crippen LogP contribution in [-0.2, 0) is 0 Å². The molecule has 0 aliphatic carbocycles. The largest absolute Gasteiger partial charge is 0.317 e. The predicted molar refractivity (Wildman–Crippen MR) is 114 cm³/mol. The van der Waals surface area contributed by atoms with Gasteiger partial charge in [-0.25, -0.2) is 9.36 Å². The molecule has 0 unspecified atom stereocenters. The van der Waals surface area contributed by atoms with Crippen LogP contribution in [0.2, 0.25) is 0 Å². The van der Waals surface area contributed by atoms with Gasteiger partial charge in [-0.3, -0.25) is 14.9 Å². The molecule has 0 bridgehead atoms. The lowest BCUT2D eigenvalue weighted by Crippen LogP contribution is -2.15. The smallest absolute Gasteiger partial charge is 0.278 e. The van der Waals surface area contributed by atoms with E-state index in [1.54, 1.807) is 23.7 Å². The zero-order valence-electron chi connectivity index (χ0n) is 17.1. The Bertz CT molecular complexity index is 1290. The first-order valence-electron chi connectivity index (χ1n) is 9.47. The molecular formula is C21H19N7O3. The Morgan fingerprint density at radius 2 is 1.68 bits per heavy atom. The number of hydrogen-bond acceptors (Lipinski definition) is 6. The maximum Gasteiger partial charge on any atom is 0.278 e. The molecule has 1 amide bonds. The summed E-state index contributed by atoms with van der Waals surface area (Å²) < 4.78 is 3.16. The molecule has 0 atom stereocenters. The monoisotopic (exact) mass is 417 g/mol. The summed E-state index contributed by atoms with van der Waals surface area (Å²) >= 11 is 0. The maximum absolute atomic E-state index is 12.9. The van der Waals surface area contributed by atoms with Crippen molar-refractivity contribution in [3.8, 4) is 11.4 Å². The summed E-state index contributed by atoms with van der Waals surface area (Å²) in [6.45, 7) is 5.37. The van der Waals surface area contributed by atoms with Crippen molar-refractivity contribution in [3.63, 3.8) is 0 Å². The predicted octanol–water partition coefficient (Wildman–Crippen LogP) is 3.54. The molecule has 10 heteroatoms. The van der Waals surface area contributed by atoms with E-state index in [1.165, 1.54) is 16.8 Å². The van der Waals surface area contributed by atoms with Crippen molar-refractivity contribution >= 4 is 17.3 Å². The number of benzene rings is 2. The highest BCUT2D eigenvalue weighted by Gasteiger charge is 2.22. The lowest BCUT2D eigenvalue weighted by molar-refractivity contribution is -0.384. The van der Waals surface area contributed by atoms with Crippen molar-refractivity contribution in [1.82, 2.24) is 24.8 Å². The number of anilines is 1. The van der Waals surface area contributed by atoms with E-state index in [0.29, 0.717) is 22.8 Å². The number of carbonyl (C=O) groups is 1. The molecule has 31 heavy (non-hydrogen) atoms. The molecule has 0 saturated carbocycles. The van der Waals surface area contributed by atoms with Crippen LogP contribution in [0.5, 0.6) is 0 Å². The first-order valence-corrected chi connectivity index (χ1v) is 9.47. The Labute approximate surface area is 177 Å². The van der Waals surface area contributed by atoms with E-state index in [4.69, 9.17) is 0 Å². The Balaban J connectivity index is 1.63. The quantitative estimate of drug-likeness (QED) is 0.392. The number of para-hydroxylation sites is 1. The van der Waals surface area contributed by atoms with E-state index in [1.807, 2.05) is 44.2 Å². The number of nitrogens with one attached hydrogen (secondary N) is 1. The summed E-state index contributed by atoms with van der Waals surface area (Å²) in [6, 6.07) is 15.6. The molecule has 0 aliphatic heterocycles. The first kappa shape index (κ1) is 20.0. The van der Waals surface area contributed by atoms with Crippen molar-refractivity contribution in [2.24, 2.45) is 0 Å². The lowest BCUT2D eigenvalue weighted by Gasteiger charge is -2.07. The van der Waals surface area contributed by atoms with Gasteiger partial charge in [-0.1, -0.05) is 29.5 Å². The van der Waals surface area contributed by atoms with Gasteiger partial charge in [0, 0.05) is 12.1 Å². The molecular weight excluding hydrogens is 398 g/mol. The molecule has 4 aromatic rings. The minimum Gasteiger partial charge on any atom is -0.317 e. The average Bonchev–Trinajstić information content (AvgIpc) is 3.29. The van der Waals surface area contributed by atoms with Crippen LogP contribution >= 0.6 is 0 Å². The average molecular weight is 417 g/mol. The fourth-order valence-corrected chi connectivity index (χ4v) is 3.34. The van der Waals surface area contributed by atoms with Crippen molar-refractivity contribution < 1.29 is 9.72 Å². The normalized spacial score (nSPS) is 10.8. The highest BCUT2D eigenvalue weighted by Crippen LogP contribution is 2.24. The van der Waals surface area contributed by atoms with Gasteiger partial charge in [-0.2, -0.15) is 5.10 Å². The number of rotatable bonds is 5. The van der Waals surface area contributed by atoms with Gasteiger partial charge in [0.25, 0.3) is 11.6 Å². The molecule has 0 radical (unpaired) electrons. The van der Waals surface area contributed by atoms with Gasteiger partial charge in [0.05, 0.1) is 39.1 Å². The number of amides is 1. The van der Waals surface area contributed by atoms with Crippen LogP contribution in [0.15, 0.2) is 54.6 Å². The Morgan fingerprint density at radius 3 is 2.39 bits per heavy atom. The van der Waals surface area contributed by atoms with Crippen molar-refractivity contribution in [1.29, 1.82) is 0 Å². The van der Waals surface area contributed by atoms with Crippen molar-refractivity contribution in [2.75, 3.05) is 5.32 Å². The minimum absolute atomic E-state index is 0.0713. The third-order valence-electron chi connectivity index (χ3n) is 4.93. The van der Waals surface area contributed by atoms with Crippen LogP contribution in [0.3, 0.4) is 0 Å². The molecule has 2 heterocycles. The van der Waals surface area contributed by atoms with Gasteiger partial charge in [-0.05, 0) is 39.0 Å². The molecule has 1 N–H and O–H groups in total. The zero-order valence-corrected chi connectivity index (χ0v) is 17.1. The van der Waals surface area contributed by atoms with Gasteiger partial charge in [0.2, 0.25) is 0 Å². The summed E-state index contributed by atoms with van der Waals surface area (Å²) in [5.74, 6) is -0.437. The zero-order chi connectivity index (χ0) is 22.1. The number of aromatic nitrogens is 5. The second-order valence-electron chi connectivity index (χ2n) is 6.96. The van der Waals surface area contributed by atoms with E-state index < -0.39 is 10.8 Å². The van der Waals surface area contributed by atoms with Crippen LogP contribution in [0.25, 0.3) is 11.4 Å². The summed E-state index contributed by atoms with van der Waals surface area (Å²) in [5, 5.41) is 26.4. The molecule has 0 fully saturated rings. The van der Waals surface area contributed by atoms with Crippen LogP contribution in [0.4, 0.5) is 11.4 Å². The third-order valence-corrected chi connectivity index (χ3v) is 4.93. The maximum atomic E-state index is 12.9. The van der Waals surface area contributed by atoms with Crippen LogP contribution < -0.4 is 5.32 Å². The number of nitro benzene ring substituents is 1. The van der Waals surface area contributed by atoms with E-state index >= 15 is 0 Å². The Kier molecular flexibility index (Phi) is 5.04. The van der Waals surface area contributed by atoms with Gasteiger partial charge in [0.15, 0.2) is 5.69 Å². The first-order chi connectivity index (χ1) is 14.9. The lowest BCUT2D eigenvalue weighted by atomic mass is 10.2.